The second kappa shape index (κ2) is 7.35. The Bertz CT molecular complexity index is 612. The van der Waals surface area contributed by atoms with E-state index in [-0.39, 0.29) is 12.5 Å². The Morgan fingerprint density at radius 1 is 1.33 bits per heavy atom. The van der Waals surface area contributed by atoms with Gasteiger partial charge < -0.3 is 5.32 Å². The summed E-state index contributed by atoms with van der Waals surface area (Å²) in [6, 6.07) is 9.33. The lowest BCUT2D eigenvalue weighted by molar-refractivity contribution is -0.122. The van der Waals surface area contributed by atoms with Gasteiger partial charge >= 0.3 is 0 Å². The number of rotatable bonds is 6. The zero-order valence-corrected chi connectivity index (χ0v) is 14.1. The molecule has 21 heavy (non-hydrogen) atoms. The summed E-state index contributed by atoms with van der Waals surface area (Å²) in [6.45, 7) is 3.27. The molecule has 0 aliphatic heterocycles. The summed E-state index contributed by atoms with van der Waals surface area (Å²) in [7, 11) is -4.08. The van der Waals surface area contributed by atoms with Crippen molar-refractivity contribution in [3.63, 3.8) is 0 Å². The molecule has 0 aliphatic carbocycles. The maximum atomic E-state index is 12.0. The van der Waals surface area contributed by atoms with Crippen molar-refractivity contribution in [1.29, 1.82) is 0 Å². The average molecular weight is 347 g/mol. The molecular weight excluding hydrogens is 330 g/mol. The van der Waals surface area contributed by atoms with Crippen LogP contribution in [0.3, 0.4) is 0 Å². The first-order valence-electron chi connectivity index (χ1n) is 6.14. The number of carbonyl (C=O) groups is 1. The van der Waals surface area contributed by atoms with Crippen molar-refractivity contribution < 1.29 is 17.8 Å². The van der Waals surface area contributed by atoms with Crippen LogP contribution in [0.5, 0.6) is 0 Å². The molecule has 0 spiro atoms. The van der Waals surface area contributed by atoms with E-state index in [1.165, 1.54) is 11.8 Å². The van der Waals surface area contributed by atoms with Crippen molar-refractivity contribution in [2.45, 2.75) is 18.6 Å². The van der Waals surface area contributed by atoms with Gasteiger partial charge in [-0.1, -0.05) is 54.3 Å². The van der Waals surface area contributed by atoms with Gasteiger partial charge in [-0.05, 0) is 19.4 Å². The van der Waals surface area contributed by atoms with Crippen LogP contribution < -0.4 is 5.32 Å². The quantitative estimate of drug-likeness (QED) is 0.604. The lowest BCUT2D eigenvalue weighted by Crippen LogP contribution is -2.42. The molecule has 0 saturated heterocycles. The maximum Gasteiger partial charge on any atom is 0.266 e. The van der Waals surface area contributed by atoms with Gasteiger partial charge in [0.25, 0.3) is 10.1 Å². The van der Waals surface area contributed by atoms with Crippen LogP contribution in [0.15, 0.2) is 30.3 Å². The van der Waals surface area contributed by atoms with Crippen molar-refractivity contribution in [3.8, 4) is 0 Å². The number of hydrogen-bond donors (Lipinski definition) is 2. The van der Waals surface area contributed by atoms with Gasteiger partial charge in [-0.25, -0.2) is 0 Å². The van der Waals surface area contributed by atoms with E-state index in [0.717, 1.165) is 5.56 Å². The van der Waals surface area contributed by atoms with Gasteiger partial charge in [0.2, 0.25) is 5.91 Å². The van der Waals surface area contributed by atoms with Gasteiger partial charge in [-0.2, -0.15) is 8.42 Å². The summed E-state index contributed by atoms with van der Waals surface area (Å²) in [5, 5.41) is 2.48. The van der Waals surface area contributed by atoms with E-state index in [1.807, 2.05) is 30.3 Å². The Hall–Kier alpha value is -0.960. The molecule has 0 fully saturated rings. The molecule has 0 saturated carbocycles. The highest BCUT2D eigenvalue weighted by Gasteiger charge is 2.30. The minimum Gasteiger partial charge on any atom is -0.354 e. The molecule has 8 heteroatoms. The third-order valence-electron chi connectivity index (χ3n) is 2.55. The zero-order valence-electron chi connectivity index (χ0n) is 11.7. The van der Waals surface area contributed by atoms with Gasteiger partial charge in [0.1, 0.15) is 0 Å². The molecule has 0 aliphatic rings. The first-order valence-corrected chi connectivity index (χ1v) is 8.97. The van der Waals surface area contributed by atoms with Crippen LogP contribution in [0.4, 0.5) is 0 Å². The number of thiocarbonyl (C=S) groups is 1. The molecule has 1 rings (SSSR count). The second-order valence-corrected chi connectivity index (χ2v) is 8.68. The van der Waals surface area contributed by atoms with E-state index in [9.17, 15) is 13.2 Å². The summed E-state index contributed by atoms with van der Waals surface area (Å²) in [5.41, 5.74) is 0.858. The van der Waals surface area contributed by atoms with Crippen LogP contribution in [-0.4, -0.2) is 40.1 Å². The lowest BCUT2D eigenvalue weighted by Gasteiger charge is -2.23. The molecule has 1 aromatic carbocycles. The highest BCUT2D eigenvalue weighted by atomic mass is 32.2. The maximum absolute atomic E-state index is 12.0. The van der Waals surface area contributed by atoms with Crippen LogP contribution in [0.2, 0.25) is 0 Å². The van der Waals surface area contributed by atoms with E-state index >= 15 is 0 Å². The predicted molar refractivity (Wildman–Crippen MR) is 89.2 cm³/mol. The standard InChI is InChI=1S/C13H17NO4S3/c1-13(2,12(15)14-8-9-21(16,17)18)20-11(19)10-6-4-3-5-7-10/h3-7H,8-9H2,1-2H3,(H,14,15)(H,16,17,18). The molecule has 1 aromatic rings. The van der Waals surface area contributed by atoms with Crippen LogP contribution in [0.1, 0.15) is 19.4 Å². The SMILES string of the molecule is CC(C)(SC(=S)c1ccccc1)C(=O)NCCS(=O)(=O)O. The van der Waals surface area contributed by atoms with Gasteiger partial charge in [0.05, 0.1) is 14.7 Å². The molecular formula is C13H17NO4S3. The van der Waals surface area contributed by atoms with Crippen molar-refractivity contribution in [2.75, 3.05) is 12.3 Å². The zero-order chi connectivity index (χ0) is 16.1. The van der Waals surface area contributed by atoms with Crippen LogP contribution >= 0.6 is 24.0 Å². The molecule has 0 heterocycles. The van der Waals surface area contributed by atoms with Gasteiger partial charge in [-0.15, -0.1) is 0 Å². The van der Waals surface area contributed by atoms with E-state index in [2.05, 4.69) is 5.32 Å². The largest absolute Gasteiger partial charge is 0.354 e. The minimum absolute atomic E-state index is 0.139. The topological polar surface area (TPSA) is 83.5 Å². The smallest absolute Gasteiger partial charge is 0.266 e. The fourth-order valence-electron chi connectivity index (χ4n) is 1.42. The average Bonchev–Trinajstić information content (AvgIpc) is 2.37. The Balaban J connectivity index is 2.60. The molecule has 0 radical (unpaired) electrons. The molecule has 116 valence electrons. The predicted octanol–water partition coefficient (Wildman–Crippen LogP) is 1.88. The molecule has 2 N–H and O–H groups in total. The highest BCUT2D eigenvalue weighted by molar-refractivity contribution is 8.25. The van der Waals surface area contributed by atoms with Crippen molar-refractivity contribution in [1.82, 2.24) is 5.32 Å². The van der Waals surface area contributed by atoms with E-state index in [1.54, 1.807) is 13.8 Å². The minimum atomic E-state index is -4.08. The fourth-order valence-corrected chi connectivity index (χ4v) is 3.42. The first kappa shape index (κ1) is 18.1. The lowest BCUT2D eigenvalue weighted by atomic mass is 10.2. The van der Waals surface area contributed by atoms with Gasteiger partial charge in [0.15, 0.2) is 0 Å². The van der Waals surface area contributed by atoms with Crippen LogP contribution in [0.25, 0.3) is 0 Å². The number of carbonyl (C=O) groups excluding carboxylic acids is 1. The summed E-state index contributed by atoms with van der Waals surface area (Å²) in [6.07, 6.45) is 0. The number of amides is 1. The van der Waals surface area contributed by atoms with E-state index in [4.69, 9.17) is 16.8 Å². The summed E-state index contributed by atoms with van der Waals surface area (Å²) < 4.78 is 29.6. The first-order chi connectivity index (χ1) is 9.62. The van der Waals surface area contributed by atoms with E-state index < -0.39 is 20.6 Å². The summed E-state index contributed by atoms with van der Waals surface area (Å²) in [5.74, 6) is -0.850. The van der Waals surface area contributed by atoms with Crippen molar-refractivity contribution in [2.24, 2.45) is 0 Å². The monoisotopic (exact) mass is 347 g/mol. The number of hydrogen-bond acceptors (Lipinski definition) is 5. The third-order valence-corrected chi connectivity index (χ3v) is 4.87. The Morgan fingerprint density at radius 2 is 1.90 bits per heavy atom. The Morgan fingerprint density at radius 3 is 2.43 bits per heavy atom. The van der Waals surface area contributed by atoms with E-state index in [0.29, 0.717) is 4.20 Å². The molecule has 0 unspecified atom stereocenters. The van der Waals surface area contributed by atoms with Gasteiger partial charge in [0, 0.05) is 6.54 Å². The van der Waals surface area contributed by atoms with Crippen LogP contribution in [-0.2, 0) is 14.9 Å². The van der Waals surface area contributed by atoms with Crippen LogP contribution in [0, 0.1) is 0 Å². The molecule has 0 bridgehead atoms. The number of nitrogens with one attached hydrogen (secondary N) is 1. The normalized spacial score (nSPS) is 12.0. The summed E-state index contributed by atoms with van der Waals surface area (Å²) in [4.78, 5) is 12.0. The highest BCUT2D eigenvalue weighted by Crippen LogP contribution is 2.29. The number of thioether (sulfide) groups is 1. The molecule has 5 nitrogen and oxygen atoms in total. The molecule has 1 amide bonds. The Kier molecular flexibility index (Phi) is 6.33. The van der Waals surface area contributed by atoms with Crippen molar-refractivity contribution in [3.05, 3.63) is 35.9 Å². The molecule has 0 aromatic heterocycles. The fraction of sp³-hybridized carbons (Fsp3) is 0.385. The molecule has 0 atom stereocenters. The second-order valence-electron chi connectivity index (χ2n) is 4.81. The van der Waals surface area contributed by atoms with Gasteiger partial charge in [-0.3, -0.25) is 9.35 Å². The Labute approximate surface area is 134 Å². The van der Waals surface area contributed by atoms with Crippen molar-refractivity contribution >= 4 is 44.2 Å². The third kappa shape index (κ3) is 6.56. The summed E-state index contributed by atoms with van der Waals surface area (Å²) >= 11 is 6.54. The number of benzene rings is 1.